The van der Waals surface area contributed by atoms with E-state index in [1.807, 2.05) is 13.0 Å². The first-order valence-corrected chi connectivity index (χ1v) is 11.3. The first-order chi connectivity index (χ1) is 13.9. The van der Waals surface area contributed by atoms with E-state index < -0.39 is 44.2 Å². The lowest BCUT2D eigenvalue weighted by atomic mass is 9.82. The molecule has 0 aromatic heterocycles. The van der Waals surface area contributed by atoms with E-state index in [-0.39, 0.29) is 11.5 Å². The van der Waals surface area contributed by atoms with Crippen LogP contribution in [0, 0.1) is 12.3 Å². The first-order valence-electron chi connectivity index (χ1n) is 9.29. The number of carbonyl (C=O) groups excluding carboxylic acids is 1. The van der Waals surface area contributed by atoms with Crippen molar-refractivity contribution in [1.82, 2.24) is 0 Å². The van der Waals surface area contributed by atoms with Gasteiger partial charge in [0.05, 0.1) is 16.1 Å². The lowest BCUT2D eigenvalue weighted by Gasteiger charge is -2.31. The molecule has 2 atom stereocenters. The van der Waals surface area contributed by atoms with Crippen LogP contribution in [0.4, 0.5) is 0 Å². The summed E-state index contributed by atoms with van der Waals surface area (Å²) in [6.07, 6.45) is -0.421. The normalized spacial score (nSPS) is 15.6. The number of aliphatic carboxylic acids is 1. The molecule has 2 unspecified atom stereocenters. The van der Waals surface area contributed by atoms with Crippen molar-refractivity contribution in [3.63, 3.8) is 0 Å². The lowest BCUT2D eigenvalue weighted by Crippen LogP contribution is -2.44. The number of hydrogen-bond donors (Lipinski definition) is 1. The number of ether oxygens (including phenoxy) is 1. The van der Waals surface area contributed by atoms with Crippen molar-refractivity contribution in [2.24, 2.45) is 5.41 Å². The van der Waals surface area contributed by atoms with Gasteiger partial charge in [0.2, 0.25) is 0 Å². The highest BCUT2D eigenvalue weighted by atomic mass is 35.5. The van der Waals surface area contributed by atoms with Crippen molar-refractivity contribution >= 4 is 33.4 Å². The second-order valence-electron chi connectivity index (χ2n) is 7.87. The molecule has 0 heterocycles. The summed E-state index contributed by atoms with van der Waals surface area (Å²) in [6, 6.07) is 15.1. The summed E-state index contributed by atoms with van der Waals surface area (Å²) in [5.74, 6) is -2.87. The summed E-state index contributed by atoms with van der Waals surface area (Å²) in [4.78, 5) is 22.8. The molecular weight excluding hydrogens is 428 g/mol. The highest BCUT2D eigenvalue weighted by Crippen LogP contribution is 2.37. The summed E-state index contributed by atoms with van der Waals surface area (Å²) in [5, 5.41) is 9.76. The van der Waals surface area contributed by atoms with E-state index in [1.165, 1.54) is 26.0 Å². The number of aryl methyl sites for hydroxylation is 1. The van der Waals surface area contributed by atoms with Gasteiger partial charge in [-0.2, -0.15) is 0 Å². The maximum atomic E-state index is 12.8. The van der Waals surface area contributed by atoms with Gasteiger partial charge in [-0.15, -0.1) is 11.6 Å². The van der Waals surface area contributed by atoms with E-state index in [9.17, 15) is 23.1 Å². The molecule has 0 spiro atoms. The predicted molar refractivity (Wildman–Crippen MR) is 114 cm³/mol. The first kappa shape index (κ1) is 23.9. The monoisotopic (exact) mass is 452 g/mol. The molecule has 2 rings (SSSR count). The Morgan fingerprint density at radius 1 is 1.03 bits per heavy atom. The molecule has 0 bridgehead atoms. The molecule has 0 aliphatic carbocycles. The number of alkyl halides is 1. The second-order valence-corrected chi connectivity index (χ2v) is 10.7. The number of carboxylic acids is 1. The third kappa shape index (κ3) is 6.06. The second kappa shape index (κ2) is 9.18. The van der Waals surface area contributed by atoms with Gasteiger partial charge < -0.3 is 9.84 Å². The average Bonchev–Trinajstić information content (AvgIpc) is 2.66. The largest absolute Gasteiger partial charge is 0.481 e. The number of hydrogen-bond acceptors (Lipinski definition) is 5. The van der Waals surface area contributed by atoms with Crippen LogP contribution in [-0.2, 0) is 30.8 Å². The van der Waals surface area contributed by atoms with Crippen molar-refractivity contribution in [1.29, 1.82) is 0 Å². The molecule has 0 amide bonds. The molecule has 1 N–H and O–H groups in total. The summed E-state index contributed by atoms with van der Waals surface area (Å²) in [5.41, 5.74) is -0.169. The van der Waals surface area contributed by atoms with Crippen molar-refractivity contribution in [2.45, 2.75) is 43.6 Å². The number of carbonyl (C=O) groups is 2. The van der Waals surface area contributed by atoms with Gasteiger partial charge in [-0.1, -0.05) is 48.0 Å². The Kier molecular flexibility index (Phi) is 7.31. The highest BCUT2D eigenvalue weighted by Gasteiger charge is 2.47. The van der Waals surface area contributed by atoms with E-state index in [2.05, 4.69) is 0 Å². The smallest absolute Gasteiger partial charge is 0.327 e. The highest BCUT2D eigenvalue weighted by molar-refractivity contribution is 7.91. The van der Waals surface area contributed by atoms with Crippen LogP contribution >= 0.6 is 11.6 Å². The van der Waals surface area contributed by atoms with E-state index in [0.717, 1.165) is 11.1 Å². The fraction of sp³-hybridized carbons (Fsp3) is 0.364. The number of rotatable bonds is 9. The van der Waals surface area contributed by atoms with Crippen molar-refractivity contribution in [2.75, 3.05) is 5.75 Å². The van der Waals surface area contributed by atoms with E-state index in [4.69, 9.17) is 16.3 Å². The number of sulfone groups is 1. The molecular formula is C22H25ClO6S. The molecule has 2 aromatic carbocycles. The molecule has 0 saturated heterocycles. The van der Waals surface area contributed by atoms with Gasteiger partial charge >= 0.3 is 11.9 Å². The summed E-state index contributed by atoms with van der Waals surface area (Å²) < 4.78 is 30.8. The van der Waals surface area contributed by atoms with Gasteiger partial charge in [-0.3, -0.25) is 9.59 Å². The summed E-state index contributed by atoms with van der Waals surface area (Å²) in [7, 11) is -3.92. The predicted octanol–water partition coefficient (Wildman–Crippen LogP) is 3.99. The Balaban J connectivity index is 2.18. The number of carboxylic acid groups (broad SMARTS) is 1. The third-order valence-corrected chi connectivity index (χ3v) is 7.06. The van der Waals surface area contributed by atoms with Gasteiger partial charge in [0.1, 0.15) is 11.5 Å². The number of esters is 1. The molecule has 0 radical (unpaired) electrons. The van der Waals surface area contributed by atoms with Crippen LogP contribution in [0.1, 0.15) is 31.4 Å². The zero-order chi connectivity index (χ0) is 22.6. The Hall–Kier alpha value is -2.38. The minimum atomic E-state index is -3.92. The van der Waals surface area contributed by atoms with E-state index in [1.54, 1.807) is 36.4 Å². The molecule has 0 aliphatic rings. The lowest BCUT2D eigenvalue weighted by molar-refractivity contribution is -0.152. The van der Waals surface area contributed by atoms with Crippen LogP contribution in [0.5, 0.6) is 0 Å². The maximum Gasteiger partial charge on any atom is 0.327 e. The molecule has 0 saturated carbocycles. The Bertz CT molecular complexity index is 1000. The minimum absolute atomic E-state index is 0.0171. The van der Waals surface area contributed by atoms with Gasteiger partial charge in [-0.05, 0) is 44.9 Å². The summed E-state index contributed by atoms with van der Waals surface area (Å²) in [6.45, 7) is 4.40. The van der Waals surface area contributed by atoms with Gasteiger partial charge in [0.25, 0.3) is 0 Å². The fourth-order valence-corrected chi connectivity index (χ4v) is 5.25. The quantitative estimate of drug-likeness (QED) is 0.456. The van der Waals surface area contributed by atoms with E-state index in [0.29, 0.717) is 0 Å². The average molecular weight is 453 g/mol. The number of benzene rings is 2. The Morgan fingerprint density at radius 3 is 2.13 bits per heavy atom. The Morgan fingerprint density at radius 2 is 1.60 bits per heavy atom. The molecule has 8 heteroatoms. The van der Waals surface area contributed by atoms with Gasteiger partial charge in [0, 0.05) is 0 Å². The maximum absolute atomic E-state index is 12.8. The van der Waals surface area contributed by atoms with E-state index >= 15 is 0 Å². The van der Waals surface area contributed by atoms with Crippen LogP contribution in [0.3, 0.4) is 0 Å². The topological polar surface area (TPSA) is 97.7 Å². The van der Waals surface area contributed by atoms with Crippen LogP contribution < -0.4 is 0 Å². The van der Waals surface area contributed by atoms with Crippen molar-refractivity contribution in [3.8, 4) is 0 Å². The number of halogens is 1. The Labute approximate surface area is 181 Å². The van der Waals surface area contributed by atoms with Crippen LogP contribution in [0.15, 0.2) is 59.5 Å². The molecule has 30 heavy (non-hydrogen) atoms. The minimum Gasteiger partial charge on any atom is -0.481 e. The van der Waals surface area contributed by atoms with Gasteiger partial charge in [-0.25, -0.2) is 8.42 Å². The van der Waals surface area contributed by atoms with Gasteiger partial charge in [0.15, 0.2) is 9.84 Å². The molecule has 0 fully saturated rings. The standard InChI is InChI=1S/C22H25ClO6S/c1-16-9-11-18(12-10-16)30(27,28)15-21(2,19(24)25)14-22(3,23)20(26)29-13-17-7-5-4-6-8-17/h4-12H,13-15H2,1-3H3,(H,24,25). The van der Waals surface area contributed by atoms with Crippen LogP contribution in [0.25, 0.3) is 0 Å². The van der Waals surface area contributed by atoms with Crippen molar-refractivity contribution < 1.29 is 27.9 Å². The molecule has 2 aromatic rings. The molecule has 0 aliphatic heterocycles. The summed E-state index contributed by atoms with van der Waals surface area (Å²) >= 11 is 6.34. The third-order valence-electron chi connectivity index (χ3n) is 4.77. The van der Waals surface area contributed by atoms with Crippen LogP contribution in [0.2, 0.25) is 0 Å². The zero-order valence-corrected chi connectivity index (χ0v) is 18.7. The fourth-order valence-electron chi connectivity index (χ4n) is 3.12. The zero-order valence-electron chi connectivity index (χ0n) is 17.1. The SMILES string of the molecule is Cc1ccc(S(=O)(=O)CC(C)(CC(C)(Cl)C(=O)OCc2ccccc2)C(=O)O)cc1. The van der Waals surface area contributed by atoms with Crippen molar-refractivity contribution in [3.05, 3.63) is 65.7 Å². The molecule has 162 valence electrons. The molecule has 6 nitrogen and oxygen atoms in total. The van der Waals surface area contributed by atoms with Crippen LogP contribution in [-0.4, -0.2) is 36.1 Å².